The summed E-state index contributed by atoms with van der Waals surface area (Å²) in [4.78, 5) is 28.5. The van der Waals surface area contributed by atoms with Crippen LogP contribution < -0.4 is 10.6 Å². The van der Waals surface area contributed by atoms with Crippen LogP contribution in [0.15, 0.2) is 53.5 Å². The van der Waals surface area contributed by atoms with Gasteiger partial charge >= 0.3 is 0 Å². The van der Waals surface area contributed by atoms with E-state index in [0.717, 1.165) is 0 Å². The third-order valence-electron chi connectivity index (χ3n) is 3.27. The third-order valence-corrected chi connectivity index (χ3v) is 3.27. The van der Waals surface area contributed by atoms with Crippen LogP contribution in [0, 0.1) is 10.1 Å². The van der Waals surface area contributed by atoms with E-state index in [-0.39, 0.29) is 23.9 Å². The summed E-state index contributed by atoms with van der Waals surface area (Å²) in [6.45, 7) is 0. The maximum absolute atomic E-state index is 12.5. The minimum absolute atomic E-state index is 0.0443. The van der Waals surface area contributed by atoms with E-state index >= 15 is 0 Å². The summed E-state index contributed by atoms with van der Waals surface area (Å²) in [6, 6.07) is 13.1. The van der Waals surface area contributed by atoms with Gasteiger partial charge in [0.1, 0.15) is 5.84 Å². The molecule has 22 heavy (non-hydrogen) atoms. The summed E-state index contributed by atoms with van der Waals surface area (Å²) in [7, 11) is 0. The molecular formula is C15H12N4O3. The Morgan fingerprint density at radius 1 is 1.18 bits per heavy atom. The molecule has 0 spiro atoms. The maximum atomic E-state index is 12.5. The molecule has 1 heterocycles. The minimum Gasteiger partial charge on any atom is -0.387 e. The highest BCUT2D eigenvalue weighted by Gasteiger charge is 2.26. The zero-order valence-corrected chi connectivity index (χ0v) is 11.5. The first-order valence-electron chi connectivity index (χ1n) is 6.56. The number of rotatable bonds is 2. The molecule has 0 unspecified atom stereocenters. The van der Waals surface area contributed by atoms with Crippen LogP contribution >= 0.6 is 0 Å². The van der Waals surface area contributed by atoms with Crippen molar-refractivity contribution in [3.63, 3.8) is 0 Å². The molecule has 3 rings (SSSR count). The highest BCUT2D eigenvalue weighted by molar-refractivity contribution is 6.14. The smallest absolute Gasteiger partial charge is 0.271 e. The van der Waals surface area contributed by atoms with Gasteiger partial charge in [0.15, 0.2) is 0 Å². The fraction of sp³-hybridized carbons (Fsp3) is 0.0667. The van der Waals surface area contributed by atoms with E-state index in [4.69, 9.17) is 5.73 Å². The average Bonchev–Trinajstić information content (AvgIpc) is 2.61. The van der Waals surface area contributed by atoms with Gasteiger partial charge in [0.05, 0.1) is 22.7 Å². The largest absolute Gasteiger partial charge is 0.387 e. The first-order chi connectivity index (χ1) is 10.6. The van der Waals surface area contributed by atoms with Crippen LogP contribution in [0.1, 0.15) is 6.42 Å². The first-order valence-corrected chi connectivity index (χ1v) is 6.56. The molecule has 110 valence electrons. The number of anilines is 2. The molecule has 0 saturated carbocycles. The Hall–Kier alpha value is -3.22. The fourth-order valence-corrected chi connectivity index (χ4v) is 2.32. The van der Waals surface area contributed by atoms with Crippen molar-refractivity contribution < 1.29 is 9.72 Å². The summed E-state index contributed by atoms with van der Waals surface area (Å²) in [5.74, 6) is -0.106. The van der Waals surface area contributed by atoms with Crippen LogP contribution in [0.2, 0.25) is 0 Å². The predicted octanol–water partition coefficient (Wildman–Crippen LogP) is 2.65. The normalized spacial score (nSPS) is 14.1. The van der Waals surface area contributed by atoms with E-state index in [0.29, 0.717) is 17.1 Å². The number of benzene rings is 2. The Bertz CT molecular complexity index is 787. The Kier molecular flexibility index (Phi) is 3.30. The molecule has 7 heteroatoms. The molecule has 1 aliphatic heterocycles. The lowest BCUT2D eigenvalue weighted by Crippen LogP contribution is -2.28. The number of nitro groups is 1. The highest BCUT2D eigenvalue weighted by Crippen LogP contribution is 2.38. The van der Waals surface area contributed by atoms with Gasteiger partial charge in [0.25, 0.3) is 5.69 Å². The van der Waals surface area contributed by atoms with Crippen molar-refractivity contribution in [2.45, 2.75) is 6.42 Å². The molecule has 1 aliphatic rings. The minimum atomic E-state index is -0.508. The number of nitrogens with two attached hydrogens (primary N) is 1. The summed E-state index contributed by atoms with van der Waals surface area (Å²) in [6.07, 6.45) is -0.0443. The quantitative estimate of drug-likeness (QED) is 0.679. The van der Waals surface area contributed by atoms with Crippen LogP contribution in [0.25, 0.3) is 0 Å². The van der Waals surface area contributed by atoms with Crippen LogP contribution in [0.3, 0.4) is 0 Å². The molecule has 0 aliphatic carbocycles. The standard InChI is InChI=1S/C15H12N4O3/c16-14-9-15(20)18(10-4-2-1-3-5-10)13-8-11(19(21)22)6-7-12(13)17-14/h1-8H,9H2,(H2,16,17). The van der Waals surface area contributed by atoms with E-state index in [1.807, 2.05) is 6.07 Å². The lowest BCUT2D eigenvalue weighted by atomic mass is 10.2. The van der Waals surface area contributed by atoms with Crippen molar-refractivity contribution in [3.8, 4) is 0 Å². The molecule has 0 fully saturated rings. The van der Waals surface area contributed by atoms with Crippen molar-refractivity contribution in [1.82, 2.24) is 0 Å². The van der Waals surface area contributed by atoms with Gasteiger partial charge < -0.3 is 5.73 Å². The molecule has 0 bridgehead atoms. The summed E-state index contributed by atoms with van der Waals surface area (Å²) >= 11 is 0. The Balaban J connectivity index is 2.22. The summed E-state index contributed by atoms with van der Waals surface area (Å²) in [5, 5.41) is 11.0. The van der Waals surface area contributed by atoms with Gasteiger partial charge in [-0.05, 0) is 18.2 Å². The molecular weight excluding hydrogens is 284 g/mol. The van der Waals surface area contributed by atoms with Crippen LogP contribution in [0.4, 0.5) is 22.7 Å². The van der Waals surface area contributed by atoms with Crippen LogP contribution in [0.5, 0.6) is 0 Å². The summed E-state index contributed by atoms with van der Waals surface area (Å²) < 4.78 is 0. The van der Waals surface area contributed by atoms with Crippen molar-refractivity contribution in [2.75, 3.05) is 4.90 Å². The average molecular weight is 296 g/mol. The number of amides is 1. The van der Waals surface area contributed by atoms with Gasteiger partial charge in [-0.25, -0.2) is 4.99 Å². The van der Waals surface area contributed by atoms with E-state index in [2.05, 4.69) is 4.99 Å². The molecule has 2 aromatic carbocycles. The second-order valence-electron chi connectivity index (χ2n) is 4.77. The molecule has 0 atom stereocenters. The number of carbonyl (C=O) groups is 1. The second-order valence-corrected chi connectivity index (χ2v) is 4.77. The highest BCUT2D eigenvalue weighted by atomic mass is 16.6. The first kappa shape index (κ1) is 13.7. The molecule has 2 aromatic rings. The van der Waals surface area contributed by atoms with Crippen molar-refractivity contribution in [1.29, 1.82) is 0 Å². The Morgan fingerprint density at radius 3 is 2.59 bits per heavy atom. The zero-order chi connectivity index (χ0) is 15.7. The van der Waals surface area contributed by atoms with Crippen molar-refractivity contribution in [2.24, 2.45) is 10.7 Å². The third kappa shape index (κ3) is 2.39. The Labute approximate surface area is 125 Å². The molecule has 2 N–H and O–H groups in total. The predicted molar refractivity (Wildman–Crippen MR) is 82.6 cm³/mol. The van der Waals surface area contributed by atoms with Gasteiger partial charge in [-0.1, -0.05) is 18.2 Å². The van der Waals surface area contributed by atoms with Gasteiger partial charge in [-0.2, -0.15) is 0 Å². The number of hydrogen-bond acceptors (Lipinski definition) is 5. The monoisotopic (exact) mass is 296 g/mol. The molecule has 1 amide bonds. The van der Waals surface area contributed by atoms with E-state index < -0.39 is 4.92 Å². The number of fused-ring (bicyclic) bond motifs is 1. The number of para-hydroxylation sites is 1. The number of amidine groups is 1. The fourth-order valence-electron chi connectivity index (χ4n) is 2.32. The van der Waals surface area contributed by atoms with Crippen molar-refractivity contribution in [3.05, 3.63) is 58.6 Å². The maximum Gasteiger partial charge on any atom is 0.271 e. The SMILES string of the molecule is NC1=Nc2ccc([N+](=O)[O-])cc2N(c2ccccc2)C(=O)C1. The number of hydrogen-bond donors (Lipinski definition) is 1. The zero-order valence-electron chi connectivity index (χ0n) is 11.5. The molecule has 0 radical (unpaired) electrons. The molecule has 0 saturated heterocycles. The lowest BCUT2D eigenvalue weighted by Gasteiger charge is -2.22. The van der Waals surface area contributed by atoms with Gasteiger partial charge in [-0.3, -0.25) is 19.8 Å². The van der Waals surface area contributed by atoms with E-state index in [9.17, 15) is 14.9 Å². The van der Waals surface area contributed by atoms with Gasteiger partial charge in [-0.15, -0.1) is 0 Å². The van der Waals surface area contributed by atoms with Crippen molar-refractivity contribution >= 4 is 34.5 Å². The van der Waals surface area contributed by atoms with E-state index in [1.165, 1.54) is 23.1 Å². The number of aliphatic imine (C=N–C) groups is 1. The molecule has 7 nitrogen and oxygen atoms in total. The lowest BCUT2D eigenvalue weighted by molar-refractivity contribution is -0.384. The molecule has 0 aromatic heterocycles. The van der Waals surface area contributed by atoms with E-state index in [1.54, 1.807) is 24.3 Å². The van der Waals surface area contributed by atoms with Gasteiger partial charge in [0, 0.05) is 17.8 Å². The number of carbonyl (C=O) groups excluding carboxylic acids is 1. The number of nitrogens with zero attached hydrogens (tertiary/aromatic N) is 3. The Morgan fingerprint density at radius 2 is 1.91 bits per heavy atom. The summed E-state index contributed by atoms with van der Waals surface area (Å²) in [5.41, 5.74) is 7.03. The number of nitro benzene ring substituents is 1. The van der Waals surface area contributed by atoms with Crippen LogP contribution in [-0.2, 0) is 4.79 Å². The number of non-ortho nitro benzene ring substituents is 1. The second kappa shape index (κ2) is 5.28. The van der Waals surface area contributed by atoms with Gasteiger partial charge in [0.2, 0.25) is 5.91 Å². The van der Waals surface area contributed by atoms with Crippen LogP contribution in [-0.4, -0.2) is 16.7 Å². The topological polar surface area (TPSA) is 102 Å².